The van der Waals surface area contributed by atoms with Gasteiger partial charge in [-0.1, -0.05) is 47.4 Å². The highest BCUT2D eigenvalue weighted by Gasteiger charge is 2.18. The topological polar surface area (TPSA) is 87.0 Å². The summed E-state index contributed by atoms with van der Waals surface area (Å²) in [7, 11) is 0. The highest BCUT2D eigenvalue weighted by molar-refractivity contribution is 7.98. The van der Waals surface area contributed by atoms with Crippen molar-refractivity contribution in [2.45, 2.75) is 24.4 Å². The van der Waals surface area contributed by atoms with Crippen LogP contribution >= 0.6 is 23.1 Å². The number of furan rings is 1. The third-order valence-electron chi connectivity index (χ3n) is 4.18. The van der Waals surface area contributed by atoms with Crippen molar-refractivity contribution in [3.05, 3.63) is 81.1 Å². The second-order valence-electron chi connectivity index (χ2n) is 6.13. The van der Waals surface area contributed by atoms with Crippen LogP contribution in [-0.2, 0) is 12.3 Å². The lowest BCUT2D eigenvalue weighted by Gasteiger charge is -2.10. The Labute approximate surface area is 169 Å². The van der Waals surface area contributed by atoms with Crippen LogP contribution in [0.4, 0.5) is 5.00 Å². The molecule has 4 aromatic rings. The summed E-state index contributed by atoms with van der Waals surface area (Å²) >= 11 is 2.63. The van der Waals surface area contributed by atoms with Crippen LogP contribution in [0.25, 0.3) is 11.4 Å². The van der Waals surface area contributed by atoms with Gasteiger partial charge < -0.3 is 4.42 Å². The van der Waals surface area contributed by atoms with Gasteiger partial charge in [0.25, 0.3) is 0 Å². The number of benzene rings is 1. The predicted molar refractivity (Wildman–Crippen MR) is 109 cm³/mol. The molecule has 142 valence electrons. The molecule has 0 aliphatic rings. The number of nitrogens with zero attached hydrogens (tertiary/aromatic N) is 4. The first kappa shape index (κ1) is 18.5. The summed E-state index contributed by atoms with van der Waals surface area (Å²) in [4.78, 5) is 10.5. The van der Waals surface area contributed by atoms with Crippen molar-refractivity contribution in [2.24, 2.45) is 0 Å². The second-order valence-corrected chi connectivity index (χ2v) is 7.96. The summed E-state index contributed by atoms with van der Waals surface area (Å²) < 4.78 is 7.54. The Kier molecular flexibility index (Phi) is 5.27. The summed E-state index contributed by atoms with van der Waals surface area (Å²) in [5.74, 6) is 2.16. The molecule has 0 radical (unpaired) electrons. The van der Waals surface area contributed by atoms with Gasteiger partial charge in [-0.05, 0) is 30.2 Å². The molecular weight excluding hydrogens is 396 g/mol. The largest absolute Gasteiger partial charge is 0.467 e. The second kappa shape index (κ2) is 7.99. The molecule has 28 heavy (non-hydrogen) atoms. The highest BCUT2D eigenvalue weighted by Crippen LogP contribution is 2.31. The average Bonchev–Trinajstić information content (AvgIpc) is 3.42. The molecule has 3 aromatic heterocycles. The maximum atomic E-state index is 10.9. The van der Waals surface area contributed by atoms with Gasteiger partial charge in [-0.15, -0.1) is 10.2 Å². The molecule has 9 heteroatoms. The summed E-state index contributed by atoms with van der Waals surface area (Å²) in [5, 5.41) is 22.4. The lowest BCUT2D eigenvalue weighted by atomic mass is 10.1. The number of hydrogen-bond acceptors (Lipinski definition) is 7. The molecule has 4 rings (SSSR count). The SMILES string of the molecule is Cc1ccccc1-c1nnc(SCc2csc([N+](=O)[O-])c2)n1Cc1ccco1. The van der Waals surface area contributed by atoms with Crippen molar-refractivity contribution >= 4 is 28.1 Å². The smallest absolute Gasteiger partial charge is 0.324 e. The van der Waals surface area contributed by atoms with Crippen LogP contribution < -0.4 is 0 Å². The van der Waals surface area contributed by atoms with Crippen LogP contribution in [0.5, 0.6) is 0 Å². The Morgan fingerprint density at radius 2 is 2.11 bits per heavy atom. The quantitative estimate of drug-likeness (QED) is 0.237. The fourth-order valence-corrected chi connectivity index (χ4v) is 4.50. The third-order valence-corrected chi connectivity index (χ3v) is 6.15. The zero-order valence-electron chi connectivity index (χ0n) is 14.9. The molecule has 3 heterocycles. The van der Waals surface area contributed by atoms with Crippen molar-refractivity contribution in [3.63, 3.8) is 0 Å². The van der Waals surface area contributed by atoms with Gasteiger partial charge in [-0.3, -0.25) is 14.7 Å². The van der Waals surface area contributed by atoms with E-state index in [2.05, 4.69) is 10.2 Å². The van der Waals surface area contributed by atoms with E-state index in [1.807, 2.05) is 47.9 Å². The zero-order valence-corrected chi connectivity index (χ0v) is 16.6. The Morgan fingerprint density at radius 1 is 1.25 bits per heavy atom. The Bertz CT molecular complexity index is 1100. The molecule has 0 aliphatic heterocycles. The molecule has 0 aliphatic carbocycles. The summed E-state index contributed by atoms with van der Waals surface area (Å²) in [6.07, 6.45) is 1.64. The summed E-state index contributed by atoms with van der Waals surface area (Å²) in [6, 6.07) is 13.4. The van der Waals surface area contributed by atoms with Crippen LogP contribution in [0.2, 0.25) is 0 Å². The third kappa shape index (κ3) is 3.85. The summed E-state index contributed by atoms with van der Waals surface area (Å²) in [5.41, 5.74) is 3.02. The number of thiophene rings is 1. The van der Waals surface area contributed by atoms with Gasteiger partial charge in [-0.25, -0.2) is 0 Å². The summed E-state index contributed by atoms with van der Waals surface area (Å²) in [6.45, 7) is 2.55. The predicted octanol–water partition coefficient (Wildman–Crippen LogP) is 5.16. The van der Waals surface area contributed by atoms with E-state index in [-0.39, 0.29) is 9.92 Å². The van der Waals surface area contributed by atoms with Gasteiger partial charge in [0.1, 0.15) is 5.76 Å². The highest BCUT2D eigenvalue weighted by atomic mass is 32.2. The first-order chi connectivity index (χ1) is 13.6. The van der Waals surface area contributed by atoms with Crippen LogP contribution in [0.1, 0.15) is 16.9 Å². The van der Waals surface area contributed by atoms with Crippen molar-refractivity contribution in [1.29, 1.82) is 0 Å². The fourth-order valence-electron chi connectivity index (χ4n) is 2.80. The van der Waals surface area contributed by atoms with Gasteiger partial charge in [0.15, 0.2) is 11.0 Å². The van der Waals surface area contributed by atoms with Gasteiger partial charge in [0, 0.05) is 22.8 Å². The first-order valence-electron chi connectivity index (χ1n) is 8.48. The lowest BCUT2D eigenvalue weighted by Crippen LogP contribution is -2.04. The van der Waals surface area contributed by atoms with Gasteiger partial charge in [-0.2, -0.15) is 0 Å². The van der Waals surface area contributed by atoms with Gasteiger partial charge >= 0.3 is 5.00 Å². The number of aryl methyl sites for hydroxylation is 1. The monoisotopic (exact) mass is 412 g/mol. The van der Waals surface area contributed by atoms with E-state index in [1.54, 1.807) is 17.7 Å². The number of hydrogen-bond donors (Lipinski definition) is 0. The van der Waals surface area contributed by atoms with E-state index in [1.165, 1.54) is 11.8 Å². The van der Waals surface area contributed by atoms with Gasteiger partial charge in [0.2, 0.25) is 0 Å². The molecule has 0 saturated heterocycles. The minimum absolute atomic E-state index is 0.147. The van der Waals surface area contributed by atoms with Crippen molar-refractivity contribution in [3.8, 4) is 11.4 Å². The number of rotatable bonds is 7. The molecule has 0 spiro atoms. The molecule has 1 aromatic carbocycles. The van der Waals surface area contributed by atoms with E-state index in [4.69, 9.17) is 4.42 Å². The Hall–Kier alpha value is -2.91. The van der Waals surface area contributed by atoms with E-state index in [0.717, 1.165) is 44.8 Å². The van der Waals surface area contributed by atoms with Crippen LogP contribution in [0.15, 0.2) is 63.7 Å². The Balaban J connectivity index is 1.64. The molecule has 0 N–H and O–H groups in total. The molecule has 0 atom stereocenters. The number of thioether (sulfide) groups is 1. The molecule has 0 bridgehead atoms. The van der Waals surface area contributed by atoms with Crippen LogP contribution in [0, 0.1) is 17.0 Å². The first-order valence-corrected chi connectivity index (χ1v) is 10.3. The molecule has 0 amide bonds. The zero-order chi connectivity index (χ0) is 19.5. The van der Waals surface area contributed by atoms with Gasteiger partial charge in [0.05, 0.1) is 17.7 Å². The van der Waals surface area contributed by atoms with E-state index >= 15 is 0 Å². The van der Waals surface area contributed by atoms with Crippen LogP contribution in [-0.4, -0.2) is 19.7 Å². The molecular formula is C19H16N4O3S2. The normalized spacial score (nSPS) is 11.0. The molecule has 0 saturated carbocycles. The minimum Gasteiger partial charge on any atom is -0.467 e. The van der Waals surface area contributed by atoms with Crippen molar-refractivity contribution in [1.82, 2.24) is 14.8 Å². The maximum Gasteiger partial charge on any atom is 0.324 e. The maximum absolute atomic E-state index is 10.9. The van der Waals surface area contributed by atoms with E-state index < -0.39 is 0 Å². The Morgan fingerprint density at radius 3 is 2.82 bits per heavy atom. The van der Waals surface area contributed by atoms with Crippen molar-refractivity contribution < 1.29 is 9.34 Å². The minimum atomic E-state index is -0.367. The molecule has 0 fully saturated rings. The number of nitro groups is 1. The average molecular weight is 412 g/mol. The van der Waals surface area contributed by atoms with Crippen LogP contribution in [0.3, 0.4) is 0 Å². The number of aromatic nitrogens is 3. The molecule has 7 nitrogen and oxygen atoms in total. The lowest BCUT2D eigenvalue weighted by molar-refractivity contribution is -0.380. The van der Waals surface area contributed by atoms with E-state index in [0.29, 0.717) is 12.3 Å². The van der Waals surface area contributed by atoms with E-state index in [9.17, 15) is 10.1 Å². The fraction of sp³-hybridized carbons (Fsp3) is 0.158. The standard InChI is InChI=1S/C19H16N4O3S2/c1-13-5-2-3-7-16(13)18-20-21-19(22(18)10-15-6-4-8-26-15)28-12-14-9-17(23(24)25)27-11-14/h2-9,11H,10,12H2,1H3. The van der Waals surface area contributed by atoms with Crippen molar-refractivity contribution in [2.75, 3.05) is 0 Å². The molecule has 0 unspecified atom stereocenters.